The van der Waals surface area contributed by atoms with Gasteiger partial charge in [-0.3, -0.25) is 4.79 Å². The van der Waals surface area contributed by atoms with Crippen LogP contribution >= 0.6 is 15.9 Å². The van der Waals surface area contributed by atoms with Crippen molar-refractivity contribution in [2.75, 3.05) is 12.4 Å². The van der Waals surface area contributed by atoms with Crippen LogP contribution in [0, 0.1) is 6.92 Å². The molecule has 2 aromatic rings. The number of rotatable bonds is 4. The summed E-state index contributed by atoms with van der Waals surface area (Å²) in [5.74, 6) is -0.839. The van der Waals surface area contributed by atoms with Crippen LogP contribution < -0.4 is 10.1 Å². The zero-order valence-electron chi connectivity index (χ0n) is 12.0. The number of amides is 1. The predicted molar refractivity (Wildman–Crippen MR) is 86.8 cm³/mol. The van der Waals surface area contributed by atoms with Crippen molar-refractivity contribution in [2.24, 2.45) is 0 Å². The smallest absolute Gasteiger partial charge is 0.335 e. The van der Waals surface area contributed by atoms with E-state index in [0.717, 1.165) is 10.0 Å². The number of nitrogens with one attached hydrogen (secondary N) is 1. The Morgan fingerprint density at radius 1 is 1.18 bits per heavy atom. The molecule has 2 N–H and O–H groups in total. The van der Waals surface area contributed by atoms with Gasteiger partial charge in [0.1, 0.15) is 5.75 Å². The number of carbonyl (C=O) groups is 2. The van der Waals surface area contributed by atoms with Crippen molar-refractivity contribution in [2.45, 2.75) is 6.92 Å². The number of halogens is 1. The number of methoxy groups -OCH3 is 1. The molecule has 0 saturated heterocycles. The van der Waals surface area contributed by atoms with Gasteiger partial charge >= 0.3 is 5.97 Å². The molecule has 2 aromatic carbocycles. The minimum atomic E-state index is -1.01. The van der Waals surface area contributed by atoms with E-state index in [1.54, 1.807) is 18.2 Å². The Morgan fingerprint density at radius 2 is 1.82 bits per heavy atom. The topological polar surface area (TPSA) is 75.6 Å². The van der Waals surface area contributed by atoms with Gasteiger partial charge in [0, 0.05) is 10.2 Å². The molecule has 2 rings (SSSR count). The standard InChI is InChI=1S/C16H14BrNO4/c1-9-7-11(17)8-13(14(9)22-2)15(19)18-12-5-3-10(4-6-12)16(20)21/h3-8H,1-2H3,(H,18,19)(H,20,21). The molecule has 0 unspecified atom stereocenters. The summed E-state index contributed by atoms with van der Waals surface area (Å²) in [7, 11) is 1.51. The first-order valence-electron chi connectivity index (χ1n) is 6.41. The van der Waals surface area contributed by atoms with Crippen molar-refractivity contribution in [1.82, 2.24) is 0 Å². The third kappa shape index (κ3) is 3.46. The van der Waals surface area contributed by atoms with Crippen molar-refractivity contribution in [3.8, 4) is 5.75 Å². The van der Waals surface area contributed by atoms with Gasteiger partial charge in [-0.25, -0.2) is 4.79 Å². The summed E-state index contributed by atoms with van der Waals surface area (Å²) in [5.41, 5.74) is 1.91. The van der Waals surface area contributed by atoms with E-state index in [1.807, 2.05) is 13.0 Å². The number of benzene rings is 2. The van der Waals surface area contributed by atoms with E-state index in [9.17, 15) is 9.59 Å². The van der Waals surface area contributed by atoms with Gasteiger partial charge in [-0.1, -0.05) is 15.9 Å². The van der Waals surface area contributed by atoms with Crippen LogP contribution in [0.5, 0.6) is 5.75 Å². The molecule has 0 fully saturated rings. The minimum Gasteiger partial charge on any atom is -0.496 e. The van der Waals surface area contributed by atoms with E-state index in [1.165, 1.54) is 19.2 Å². The molecule has 5 nitrogen and oxygen atoms in total. The van der Waals surface area contributed by atoms with Crippen LogP contribution in [0.4, 0.5) is 5.69 Å². The van der Waals surface area contributed by atoms with Crippen molar-refractivity contribution < 1.29 is 19.4 Å². The van der Waals surface area contributed by atoms with Crippen LogP contribution in [-0.2, 0) is 0 Å². The van der Waals surface area contributed by atoms with Crippen LogP contribution in [0.15, 0.2) is 40.9 Å². The number of carboxylic acid groups (broad SMARTS) is 1. The van der Waals surface area contributed by atoms with Crippen LogP contribution in [0.25, 0.3) is 0 Å². The molecule has 0 aliphatic heterocycles. The fourth-order valence-electron chi connectivity index (χ4n) is 2.06. The van der Waals surface area contributed by atoms with Crippen LogP contribution in [0.3, 0.4) is 0 Å². The van der Waals surface area contributed by atoms with E-state index in [4.69, 9.17) is 9.84 Å². The first-order valence-corrected chi connectivity index (χ1v) is 7.20. The fourth-order valence-corrected chi connectivity index (χ4v) is 2.64. The summed E-state index contributed by atoms with van der Waals surface area (Å²) in [5, 5.41) is 11.6. The maximum atomic E-state index is 12.4. The normalized spacial score (nSPS) is 10.1. The molecular formula is C16H14BrNO4. The molecule has 6 heteroatoms. The first kappa shape index (κ1) is 16.0. The Hall–Kier alpha value is -2.34. The minimum absolute atomic E-state index is 0.161. The molecule has 0 radical (unpaired) electrons. The Balaban J connectivity index is 2.27. The van der Waals surface area contributed by atoms with Crippen molar-refractivity contribution in [3.05, 3.63) is 57.6 Å². The van der Waals surface area contributed by atoms with Gasteiger partial charge in [-0.05, 0) is 48.9 Å². The number of aryl methyl sites for hydroxylation is 1. The van der Waals surface area contributed by atoms with E-state index in [2.05, 4.69) is 21.2 Å². The maximum Gasteiger partial charge on any atom is 0.335 e. The second kappa shape index (κ2) is 6.62. The Labute approximate surface area is 136 Å². The lowest BCUT2D eigenvalue weighted by Crippen LogP contribution is -2.14. The molecule has 0 aromatic heterocycles. The summed E-state index contributed by atoms with van der Waals surface area (Å²) in [4.78, 5) is 23.2. The molecule has 0 aliphatic carbocycles. The van der Waals surface area contributed by atoms with Crippen molar-refractivity contribution in [3.63, 3.8) is 0 Å². The molecule has 0 atom stereocenters. The second-order valence-corrected chi connectivity index (χ2v) is 5.56. The molecule has 0 aliphatic rings. The predicted octanol–water partition coefficient (Wildman–Crippen LogP) is 3.72. The lowest BCUT2D eigenvalue weighted by Gasteiger charge is -2.12. The Bertz CT molecular complexity index is 726. The molecule has 1 amide bonds. The summed E-state index contributed by atoms with van der Waals surface area (Å²) >= 11 is 3.35. The zero-order valence-corrected chi connectivity index (χ0v) is 13.6. The number of anilines is 1. The van der Waals surface area contributed by atoms with Gasteiger partial charge in [0.05, 0.1) is 18.2 Å². The lowest BCUT2D eigenvalue weighted by molar-refractivity contribution is 0.0696. The molecule has 22 heavy (non-hydrogen) atoms. The summed E-state index contributed by atoms with van der Waals surface area (Å²) < 4.78 is 6.06. The Kier molecular flexibility index (Phi) is 4.82. The van der Waals surface area contributed by atoms with Gasteiger partial charge in [-0.15, -0.1) is 0 Å². The molecule has 0 bridgehead atoms. The number of ether oxygens (including phenoxy) is 1. The van der Waals surface area contributed by atoms with Crippen LogP contribution in [0.2, 0.25) is 0 Å². The average molecular weight is 364 g/mol. The lowest BCUT2D eigenvalue weighted by atomic mass is 10.1. The highest BCUT2D eigenvalue weighted by Crippen LogP contribution is 2.28. The number of carbonyl (C=O) groups excluding carboxylic acids is 1. The van der Waals surface area contributed by atoms with Gasteiger partial charge in [-0.2, -0.15) is 0 Å². The van der Waals surface area contributed by atoms with Gasteiger partial charge < -0.3 is 15.2 Å². The summed E-state index contributed by atoms with van der Waals surface area (Å²) in [6, 6.07) is 9.48. The van der Waals surface area contributed by atoms with Gasteiger partial charge in [0.25, 0.3) is 5.91 Å². The molecule has 0 heterocycles. The zero-order chi connectivity index (χ0) is 16.3. The Morgan fingerprint density at radius 3 is 2.36 bits per heavy atom. The van der Waals surface area contributed by atoms with Crippen LogP contribution in [0.1, 0.15) is 26.3 Å². The quantitative estimate of drug-likeness (QED) is 0.867. The van der Waals surface area contributed by atoms with E-state index in [0.29, 0.717) is 17.0 Å². The average Bonchev–Trinajstić information content (AvgIpc) is 2.47. The number of hydrogen-bond acceptors (Lipinski definition) is 3. The van der Waals surface area contributed by atoms with E-state index < -0.39 is 5.97 Å². The molecular weight excluding hydrogens is 350 g/mol. The van der Waals surface area contributed by atoms with E-state index >= 15 is 0 Å². The maximum absolute atomic E-state index is 12.4. The highest BCUT2D eigenvalue weighted by Gasteiger charge is 2.16. The van der Waals surface area contributed by atoms with Crippen LogP contribution in [-0.4, -0.2) is 24.1 Å². The summed E-state index contributed by atoms with van der Waals surface area (Å²) in [6.07, 6.45) is 0. The first-order chi connectivity index (χ1) is 10.4. The molecule has 0 spiro atoms. The molecule has 0 saturated carbocycles. The van der Waals surface area contributed by atoms with Gasteiger partial charge in [0.15, 0.2) is 0 Å². The number of hydrogen-bond donors (Lipinski definition) is 2. The number of aromatic carboxylic acids is 1. The third-order valence-corrected chi connectivity index (χ3v) is 3.54. The second-order valence-electron chi connectivity index (χ2n) is 4.64. The van der Waals surface area contributed by atoms with Crippen molar-refractivity contribution in [1.29, 1.82) is 0 Å². The highest BCUT2D eigenvalue weighted by atomic mass is 79.9. The SMILES string of the molecule is COc1c(C)cc(Br)cc1C(=O)Nc1ccc(C(=O)O)cc1. The van der Waals surface area contributed by atoms with E-state index in [-0.39, 0.29) is 11.5 Å². The summed E-state index contributed by atoms with van der Waals surface area (Å²) in [6.45, 7) is 1.85. The van der Waals surface area contributed by atoms with Crippen molar-refractivity contribution >= 4 is 33.5 Å². The van der Waals surface area contributed by atoms with Gasteiger partial charge in [0.2, 0.25) is 0 Å². The fraction of sp³-hybridized carbons (Fsp3) is 0.125. The number of carboxylic acids is 1. The largest absolute Gasteiger partial charge is 0.496 e. The monoisotopic (exact) mass is 363 g/mol. The third-order valence-electron chi connectivity index (χ3n) is 3.08. The highest BCUT2D eigenvalue weighted by molar-refractivity contribution is 9.10. The molecule has 114 valence electrons.